The first-order chi connectivity index (χ1) is 10.6. The third kappa shape index (κ3) is 6.97. The number of piperidine rings is 1. The van der Waals surface area contributed by atoms with Crippen molar-refractivity contribution in [3.8, 4) is 0 Å². The summed E-state index contributed by atoms with van der Waals surface area (Å²) in [6, 6.07) is 9.53. The molecule has 0 radical (unpaired) electrons. The van der Waals surface area contributed by atoms with E-state index in [1.165, 1.54) is 31.5 Å². The van der Waals surface area contributed by atoms with Crippen molar-refractivity contribution < 1.29 is 0 Å². The zero-order valence-electron chi connectivity index (χ0n) is 14.2. The van der Waals surface area contributed by atoms with Gasteiger partial charge in [0.25, 0.3) is 0 Å². The van der Waals surface area contributed by atoms with E-state index in [1.54, 1.807) is 0 Å². The van der Waals surface area contributed by atoms with Crippen LogP contribution < -0.4 is 10.6 Å². The lowest BCUT2D eigenvalue weighted by Crippen LogP contribution is -2.49. The highest BCUT2D eigenvalue weighted by molar-refractivity contribution is 14.0. The predicted octanol–water partition coefficient (Wildman–Crippen LogP) is 3.60. The molecule has 4 nitrogen and oxygen atoms in total. The molecule has 0 aliphatic carbocycles. The summed E-state index contributed by atoms with van der Waals surface area (Å²) < 4.78 is 1.11. The first-order valence-electron chi connectivity index (χ1n) is 8.04. The highest BCUT2D eigenvalue weighted by Gasteiger charge is 2.21. The smallest absolute Gasteiger partial charge is 0.191 e. The van der Waals surface area contributed by atoms with E-state index >= 15 is 0 Å². The zero-order chi connectivity index (χ0) is 15.9. The second-order valence-electron chi connectivity index (χ2n) is 6.10. The lowest BCUT2D eigenvalue weighted by atomic mass is 10.0. The maximum atomic E-state index is 4.34. The Kier molecular flexibility index (Phi) is 9.46. The Labute approximate surface area is 165 Å². The van der Waals surface area contributed by atoms with E-state index in [-0.39, 0.29) is 24.0 Å². The minimum Gasteiger partial charge on any atom is -0.354 e. The molecule has 6 heteroatoms. The molecule has 2 rings (SSSR count). The van der Waals surface area contributed by atoms with Gasteiger partial charge in [-0.05, 0) is 44.4 Å². The summed E-state index contributed by atoms with van der Waals surface area (Å²) in [5.74, 6) is 0.894. The molecule has 0 aromatic heterocycles. The van der Waals surface area contributed by atoms with Crippen molar-refractivity contribution in [2.45, 2.75) is 45.3 Å². The van der Waals surface area contributed by atoms with Gasteiger partial charge in [0.05, 0.1) is 0 Å². The van der Waals surface area contributed by atoms with Gasteiger partial charge < -0.3 is 15.5 Å². The van der Waals surface area contributed by atoms with Gasteiger partial charge in [0.15, 0.2) is 5.96 Å². The molecular formula is C17H28BrIN4. The third-order valence-corrected chi connectivity index (χ3v) is 4.73. The molecule has 1 aromatic rings. The summed E-state index contributed by atoms with van der Waals surface area (Å²) in [5, 5.41) is 6.95. The average Bonchev–Trinajstić information content (AvgIpc) is 2.53. The van der Waals surface area contributed by atoms with Crippen molar-refractivity contribution in [3.63, 3.8) is 0 Å². The van der Waals surface area contributed by atoms with E-state index < -0.39 is 0 Å². The van der Waals surface area contributed by atoms with E-state index in [0.29, 0.717) is 12.1 Å². The summed E-state index contributed by atoms with van der Waals surface area (Å²) in [6.07, 6.45) is 2.36. The zero-order valence-corrected chi connectivity index (χ0v) is 18.1. The van der Waals surface area contributed by atoms with Gasteiger partial charge in [-0.25, -0.2) is 0 Å². The third-order valence-electron chi connectivity index (χ3n) is 4.20. The molecule has 0 amide bonds. The molecule has 2 N–H and O–H groups in total. The predicted molar refractivity (Wildman–Crippen MR) is 113 cm³/mol. The van der Waals surface area contributed by atoms with Crippen LogP contribution in [0.5, 0.6) is 0 Å². The van der Waals surface area contributed by atoms with E-state index in [4.69, 9.17) is 0 Å². The van der Waals surface area contributed by atoms with Gasteiger partial charge >= 0.3 is 0 Å². The molecule has 1 aliphatic rings. The number of rotatable bonds is 4. The van der Waals surface area contributed by atoms with Gasteiger partial charge in [-0.15, -0.1) is 24.0 Å². The fourth-order valence-electron chi connectivity index (χ4n) is 2.74. The maximum absolute atomic E-state index is 4.34. The number of halogens is 2. The number of nitrogens with one attached hydrogen (secondary N) is 2. The van der Waals surface area contributed by atoms with E-state index in [1.807, 2.05) is 7.05 Å². The molecule has 23 heavy (non-hydrogen) atoms. The van der Waals surface area contributed by atoms with Crippen molar-refractivity contribution in [3.05, 3.63) is 34.3 Å². The molecule has 1 aromatic carbocycles. The van der Waals surface area contributed by atoms with E-state index in [9.17, 15) is 0 Å². The van der Waals surface area contributed by atoms with Crippen LogP contribution in [0.1, 0.15) is 32.3 Å². The number of nitrogens with zero attached hydrogens (tertiary/aromatic N) is 2. The highest BCUT2D eigenvalue weighted by atomic mass is 127. The second kappa shape index (κ2) is 10.5. The largest absolute Gasteiger partial charge is 0.354 e. The molecule has 0 bridgehead atoms. The van der Waals surface area contributed by atoms with Crippen LogP contribution in [0.15, 0.2) is 33.7 Å². The molecule has 1 aliphatic heterocycles. The van der Waals surface area contributed by atoms with Crippen molar-refractivity contribution in [1.82, 2.24) is 15.5 Å². The topological polar surface area (TPSA) is 39.7 Å². The minimum atomic E-state index is 0. The van der Waals surface area contributed by atoms with Gasteiger partial charge in [0.2, 0.25) is 0 Å². The van der Waals surface area contributed by atoms with Crippen LogP contribution in [0.25, 0.3) is 0 Å². The van der Waals surface area contributed by atoms with E-state index in [0.717, 1.165) is 17.0 Å². The number of hydrogen-bond donors (Lipinski definition) is 2. The lowest BCUT2D eigenvalue weighted by Gasteiger charge is -2.35. The second-order valence-corrected chi connectivity index (χ2v) is 7.02. The Bertz CT molecular complexity index is 482. The quantitative estimate of drug-likeness (QED) is 0.381. The first kappa shape index (κ1) is 20.7. The Morgan fingerprint density at radius 2 is 1.87 bits per heavy atom. The van der Waals surface area contributed by atoms with Gasteiger partial charge in [0.1, 0.15) is 0 Å². The molecule has 0 saturated carbocycles. The van der Waals surface area contributed by atoms with Gasteiger partial charge in [-0.2, -0.15) is 0 Å². The van der Waals surface area contributed by atoms with Crippen LogP contribution in [-0.4, -0.2) is 43.1 Å². The lowest BCUT2D eigenvalue weighted by molar-refractivity contribution is 0.167. The van der Waals surface area contributed by atoms with Crippen LogP contribution in [-0.2, 0) is 6.54 Å². The minimum absolute atomic E-state index is 0. The van der Waals surface area contributed by atoms with Crippen molar-refractivity contribution >= 4 is 45.9 Å². The summed E-state index contributed by atoms with van der Waals surface area (Å²) in [7, 11) is 1.83. The number of aliphatic imine (C=N–C) groups is 1. The normalized spacial score (nSPS) is 17.0. The molecule has 1 saturated heterocycles. The fraction of sp³-hybridized carbons (Fsp3) is 0.588. The van der Waals surface area contributed by atoms with Gasteiger partial charge in [-0.1, -0.05) is 28.1 Å². The Hall–Kier alpha value is -0.340. The Morgan fingerprint density at radius 3 is 2.39 bits per heavy atom. The standard InChI is InChI=1S/C17H27BrN4.HI/c1-13(2)22-10-8-16(9-11-22)21-17(19-3)20-12-14-4-6-15(18)7-5-14;/h4-7,13,16H,8-12H2,1-3H3,(H2,19,20,21);1H. The number of guanidine groups is 1. The fourth-order valence-corrected chi connectivity index (χ4v) is 3.00. The van der Waals surface area contributed by atoms with Gasteiger partial charge in [-0.3, -0.25) is 4.99 Å². The Balaban J connectivity index is 0.00000264. The number of likely N-dealkylation sites (tertiary alicyclic amines) is 1. The van der Waals surface area contributed by atoms with Crippen LogP contribution in [0.4, 0.5) is 0 Å². The number of benzene rings is 1. The van der Waals surface area contributed by atoms with Crippen molar-refractivity contribution in [1.29, 1.82) is 0 Å². The molecule has 1 fully saturated rings. The monoisotopic (exact) mass is 494 g/mol. The average molecular weight is 495 g/mol. The molecular weight excluding hydrogens is 467 g/mol. The van der Waals surface area contributed by atoms with Gasteiger partial charge in [0, 0.05) is 43.2 Å². The molecule has 0 spiro atoms. The van der Waals surface area contributed by atoms with Crippen LogP contribution in [0.2, 0.25) is 0 Å². The first-order valence-corrected chi connectivity index (χ1v) is 8.83. The van der Waals surface area contributed by atoms with E-state index in [2.05, 4.69) is 74.6 Å². The summed E-state index contributed by atoms with van der Waals surface area (Å²) >= 11 is 3.46. The summed E-state index contributed by atoms with van der Waals surface area (Å²) in [5.41, 5.74) is 1.25. The molecule has 130 valence electrons. The highest BCUT2D eigenvalue weighted by Crippen LogP contribution is 2.13. The van der Waals surface area contributed by atoms with Crippen LogP contribution >= 0.6 is 39.9 Å². The molecule has 1 heterocycles. The van der Waals surface area contributed by atoms with Crippen molar-refractivity contribution in [2.24, 2.45) is 4.99 Å². The van der Waals surface area contributed by atoms with Crippen LogP contribution in [0.3, 0.4) is 0 Å². The molecule has 0 unspecified atom stereocenters. The summed E-state index contributed by atoms with van der Waals surface area (Å²) in [4.78, 5) is 6.88. The van der Waals surface area contributed by atoms with Crippen molar-refractivity contribution in [2.75, 3.05) is 20.1 Å². The Morgan fingerprint density at radius 1 is 1.26 bits per heavy atom. The molecule has 0 atom stereocenters. The maximum Gasteiger partial charge on any atom is 0.191 e. The summed E-state index contributed by atoms with van der Waals surface area (Å²) in [6.45, 7) is 7.66. The number of hydrogen-bond acceptors (Lipinski definition) is 2. The SMILES string of the molecule is CN=C(NCc1ccc(Br)cc1)NC1CCN(C(C)C)CC1.I. The van der Waals surface area contributed by atoms with Crippen LogP contribution in [0, 0.1) is 0 Å².